The summed E-state index contributed by atoms with van der Waals surface area (Å²) in [4.78, 5) is 6.90. The van der Waals surface area contributed by atoms with E-state index in [4.69, 9.17) is 0 Å². The molecule has 1 aromatic heterocycles. The summed E-state index contributed by atoms with van der Waals surface area (Å²) in [5, 5.41) is 11.5. The third-order valence-electron chi connectivity index (χ3n) is 4.57. The third-order valence-corrected chi connectivity index (χ3v) is 4.57. The van der Waals surface area contributed by atoms with E-state index in [9.17, 15) is 0 Å². The summed E-state index contributed by atoms with van der Waals surface area (Å²) in [5.74, 6) is 1.44. The Morgan fingerprint density at radius 3 is 2.68 bits per heavy atom. The van der Waals surface area contributed by atoms with Crippen molar-refractivity contribution in [3.05, 3.63) is 77.0 Å². The summed E-state index contributed by atoms with van der Waals surface area (Å²) in [7, 11) is 0. The maximum atomic E-state index is 4.64. The van der Waals surface area contributed by atoms with E-state index in [0.717, 1.165) is 25.3 Å². The number of benzene rings is 2. The van der Waals surface area contributed by atoms with Crippen molar-refractivity contribution in [3.8, 4) is 0 Å². The predicted molar refractivity (Wildman–Crippen MR) is 99.5 cm³/mol. The lowest BCUT2D eigenvalue weighted by Gasteiger charge is -2.29. The molecule has 1 N–H and O–H groups in total. The zero-order valence-corrected chi connectivity index (χ0v) is 14.3. The lowest BCUT2D eigenvalue weighted by atomic mass is 10.0. The van der Waals surface area contributed by atoms with Gasteiger partial charge in [-0.25, -0.2) is 0 Å². The first kappa shape index (κ1) is 15.6. The number of fused-ring (bicyclic) bond motifs is 1. The second kappa shape index (κ2) is 6.89. The molecule has 2 heterocycles. The van der Waals surface area contributed by atoms with Crippen LogP contribution in [0.25, 0.3) is 0 Å². The normalized spacial score (nSPS) is 13.4. The van der Waals surface area contributed by atoms with E-state index in [1.807, 2.05) is 0 Å². The average Bonchev–Trinajstić information content (AvgIpc) is 2.67. The summed E-state index contributed by atoms with van der Waals surface area (Å²) in [6.45, 7) is 4.60. The van der Waals surface area contributed by atoms with Crippen LogP contribution < -0.4 is 10.2 Å². The van der Waals surface area contributed by atoms with Gasteiger partial charge in [-0.1, -0.05) is 54.1 Å². The molecular weight excluding hydrogens is 310 g/mol. The summed E-state index contributed by atoms with van der Waals surface area (Å²) >= 11 is 0. The van der Waals surface area contributed by atoms with Crippen molar-refractivity contribution in [2.75, 3.05) is 16.8 Å². The van der Waals surface area contributed by atoms with Crippen LogP contribution in [0.2, 0.25) is 0 Å². The van der Waals surface area contributed by atoms with Gasteiger partial charge in [-0.3, -0.25) is 0 Å². The summed E-state index contributed by atoms with van der Waals surface area (Å²) in [6.07, 6.45) is 2.78. The van der Waals surface area contributed by atoms with Crippen LogP contribution in [-0.2, 0) is 19.5 Å². The Balaban J connectivity index is 1.45. The average molecular weight is 331 g/mol. The largest absolute Gasteiger partial charge is 0.350 e. The van der Waals surface area contributed by atoms with E-state index in [1.54, 1.807) is 6.20 Å². The fraction of sp³-hybridized carbons (Fsp3) is 0.250. The van der Waals surface area contributed by atoms with Crippen LogP contribution in [0, 0.1) is 6.92 Å². The molecule has 1 aliphatic rings. The molecule has 0 amide bonds. The molecule has 0 saturated heterocycles. The van der Waals surface area contributed by atoms with Crippen LogP contribution in [0.4, 0.5) is 11.8 Å². The summed E-state index contributed by atoms with van der Waals surface area (Å²) < 4.78 is 0. The van der Waals surface area contributed by atoms with E-state index in [-0.39, 0.29) is 0 Å². The van der Waals surface area contributed by atoms with Gasteiger partial charge in [0, 0.05) is 19.6 Å². The van der Waals surface area contributed by atoms with Gasteiger partial charge in [0.15, 0.2) is 5.82 Å². The molecule has 0 aliphatic carbocycles. The Kier molecular flexibility index (Phi) is 4.29. The van der Waals surface area contributed by atoms with Gasteiger partial charge in [-0.05, 0) is 30.0 Å². The van der Waals surface area contributed by atoms with Crippen LogP contribution in [0.1, 0.15) is 22.3 Å². The quantitative estimate of drug-likeness (QED) is 0.794. The lowest BCUT2D eigenvalue weighted by Crippen LogP contribution is -2.31. The van der Waals surface area contributed by atoms with Crippen molar-refractivity contribution in [1.82, 2.24) is 15.2 Å². The second-order valence-corrected chi connectivity index (χ2v) is 6.42. The first-order valence-electron chi connectivity index (χ1n) is 8.59. The van der Waals surface area contributed by atoms with Crippen LogP contribution in [-0.4, -0.2) is 21.7 Å². The topological polar surface area (TPSA) is 53.9 Å². The van der Waals surface area contributed by atoms with E-state index in [0.29, 0.717) is 12.5 Å². The van der Waals surface area contributed by atoms with E-state index in [2.05, 4.69) is 80.9 Å². The number of hydrogen-bond donors (Lipinski definition) is 1. The number of aromatic nitrogens is 3. The van der Waals surface area contributed by atoms with Crippen LogP contribution in [0.3, 0.4) is 0 Å². The van der Waals surface area contributed by atoms with Crippen molar-refractivity contribution in [2.24, 2.45) is 0 Å². The molecule has 3 aromatic rings. The van der Waals surface area contributed by atoms with Gasteiger partial charge in [-0.2, -0.15) is 10.1 Å². The van der Waals surface area contributed by atoms with Gasteiger partial charge in [-0.15, -0.1) is 5.10 Å². The molecule has 0 fully saturated rings. The number of nitrogens with zero attached hydrogens (tertiary/aromatic N) is 4. The Labute approximate surface area is 147 Å². The standard InChI is InChI=1S/C20H21N5/c1-15-6-8-16(9-7-15)12-21-20-23-19(13-22-24-20)25-11-10-17-4-2-3-5-18(17)14-25/h2-9,13H,10-12,14H2,1H3,(H,21,23,24). The van der Waals surface area contributed by atoms with Crippen molar-refractivity contribution < 1.29 is 0 Å². The SMILES string of the molecule is Cc1ccc(CNc2nncc(N3CCc4ccccc4C3)n2)cc1. The van der Waals surface area contributed by atoms with Gasteiger partial charge >= 0.3 is 0 Å². The van der Waals surface area contributed by atoms with Crippen LogP contribution in [0.15, 0.2) is 54.7 Å². The highest BCUT2D eigenvalue weighted by molar-refractivity contribution is 5.45. The van der Waals surface area contributed by atoms with E-state index < -0.39 is 0 Å². The van der Waals surface area contributed by atoms with Crippen LogP contribution >= 0.6 is 0 Å². The van der Waals surface area contributed by atoms with Crippen molar-refractivity contribution >= 4 is 11.8 Å². The minimum Gasteiger partial charge on any atom is -0.350 e. The second-order valence-electron chi connectivity index (χ2n) is 6.42. The summed E-state index contributed by atoms with van der Waals surface area (Å²) in [6, 6.07) is 17.0. The number of aryl methyl sites for hydroxylation is 1. The first-order valence-corrected chi connectivity index (χ1v) is 8.59. The van der Waals surface area contributed by atoms with Crippen molar-refractivity contribution in [3.63, 3.8) is 0 Å². The molecule has 0 radical (unpaired) electrons. The van der Waals surface area contributed by atoms with Gasteiger partial charge < -0.3 is 10.2 Å². The number of anilines is 2. The highest BCUT2D eigenvalue weighted by Gasteiger charge is 2.17. The Hall–Kier alpha value is -2.95. The molecule has 0 atom stereocenters. The molecule has 0 saturated carbocycles. The maximum Gasteiger partial charge on any atom is 0.244 e. The minimum atomic E-state index is 0.567. The molecule has 5 nitrogen and oxygen atoms in total. The fourth-order valence-electron chi connectivity index (χ4n) is 3.10. The molecule has 1 aliphatic heterocycles. The van der Waals surface area contributed by atoms with Gasteiger partial charge in [0.1, 0.15) is 0 Å². The van der Waals surface area contributed by atoms with Gasteiger partial charge in [0.05, 0.1) is 6.20 Å². The van der Waals surface area contributed by atoms with Gasteiger partial charge in [0.2, 0.25) is 5.95 Å². The molecule has 0 spiro atoms. The lowest BCUT2D eigenvalue weighted by molar-refractivity contribution is 0.714. The third kappa shape index (κ3) is 3.60. The highest BCUT2D eigenvalue weighted by Crippen LogP contribution is 2.22. The molecule has 2 aromatic carbocycles. The zero-order valence-electron chi connectivity index (χ0n) is 14.3. The number of rotatable bonds is 4. The smallest absolute Gasteiger partial charge is 0.244 e. The Morgan fingerprint density at radius 2 is 1.84 bits per heavy atom. The van der Waals surface area contributed by atoms with Gasteiger partial charge in [0.25, 0.3) is 0 Å². The highest BCUT2D eigenvalue weighted by atomic mass is 15.3. The first-order chi connectivity index (χ1) is 12.3. The molecule has 0 unspecified atom stereocenters. The molecule has 0 bridgehead atoms. The van der Waals surface area contributed by atoms with Crippen molar-refractivity contribution in [1.29, 1.82) is 0 Å². The van der Waals surface area contributed by atoms with Crippen molar-refractivity contribution in [2.45, 2.75) is 26.4 Å². The van der Waals surface area contributed by atoms with E-state index in [1.165, 1.54) is 22.3 Å². The number of nitrogens with one attached hydrogen (secondary N) is 1. The predicted octanol–water partition coefficient (Wildman–Crippen LogP) is 3.35. The monoisotopic (exact) mass is 331 g/mol. The zero-order chi connectivity index (χ0) is 17.1. The van der Waals surface area contributed by atoms with E-state index >= 15 is 0 Å². The maximum absolute atomic E-state index is 4.64. The summed E-state index contributed by atoms with van der Waals surface area (Å²) in [5.41, 5.74) is 5.25. The molecular formula is C20H21N5. The Morgan fingerprint density at radius 1 is 1.04 bits per heavy atom. The molecule has 25 heavy (non-hydrogen) atoms. The Bertz CT molecular complexity index is 860. The molecule has 126 valence electrons. The fourth-order valence-corrected chi connectivity index (χ4v) is 3.10. The minimum absolute atomic E-state index is 0.567. The molecule has 4 rings (SSSR count). The van der Waals surface area contributed by atoms with Crippen LogP contribution in [0.5, 0.6) is 0 Å². The molecule has 5 heteroatoms. The number of hydrogen-bond acceptors (Lipinski definition) is 5.